The number of likely N-dealkylation sites (N-methyl/N-ethyl adjacent to an activating group) is 1. The lowest BCUT2D eigenvalue weighted by Crippen LogP contribution is -2.70. The molecule has 0 amide bonds. The molecule has 51 heavy (non-hydrogen) atoms. The highest BCUT2D eigenvalue weighted by Crippen LogP contribution is 2.39. The van der Waals surface area contributed by atoms with Gasteiger partial charge in [0.2, 0.25) is 0 Å². The lowest BCUT2D eigenvalue weighted by atomic mass is 9.81. The Morgan fingerprint density at radius 1 is 0.980 bits per heavy atom. The number of carboxylic acid groups (broad SMARTS) is 1. The standard InChI is InChI=1S/C21H41N7O12.C7H7NO3/c1-5-21(36,4-30)16(40-17-9(26-2)13(34)10(31)6(3-29)38-17)18(37-5)39-15-8(28-20(24)25)11(32)7(27-19(22)23)12(33)14(15)35;8-4-1-2-5(7(10)11)6(9)3-4/h5-18,26,29-36H,3-4H2,1-2H3,(H4,22,23,27)(H4,24,25,28);1-3,9H,8H2,(H,10,11)/t5-,6-,7+,8-,9-,10-,11+,12-,13-,14+,15+,16-,17-,18-,21+;/m0./s1. The van der Waals surface area contributed by atoms with Crippen LogP contribution in [-0.2, 0) is 18.9 Å². The number of nitrogens with one attached hydrogen (secondary N) is 3. The predicted octanol–water partition coefficient (Wildman–Crippen LogP) is -7.49. The Balaban J connectivity index is 0.000000542. The highest BCUT2D eigenvalue weighted by molar-refractivity contribution is 5.91. The zero-order valence-electron chi connectivity index (χ0n) is 27.5. The van der Waals surface area contributed by atoms with Gasteiger partial charge in [0.15, 0.2) is 24.5 Å². The number of carbonyl (C=O) groups is 1. The maximum Gasteiger partial charge on any atom is 0.339 e. The van der Waals surface area contributed by atoms with E-state index in [1.807, 2.05) is 0 Å². The van der Waals surface area contributed by atoms with E-state index < -0.39 is 122 Å². The second-order valence-electron chi connectivity index (χ2n) is 12.2. The van der Waals surface area contributed by atoms with E-state index >= 15 is 0 Å². The number of guanidine groups is 2. The summed E-state index contributed by atoms with van der Waals surface area (Å²) in [5.41, 5.74) is 19.7. The van der Waals surface area contributed by atoms with Crippen LogP contribution in [0.1, 0.15) is 17.3 Å². The van der Waals surface area contributed by atoms with Gasteiger partial charge in [-0.2, -0.15) is 0 Å². The second-order valence-corrected chi connectivity index (χ2v) is 12.2. The van der Waals surface area contributed by atoms with Crippen molar-refractivity contribution in [1.82, 2.24) is 10.6 Å². The Morgan fingerprint density at radius 3 is 2.12 bits per heavy atom. The number of phenols is 1. The number of nitrogens with two attached hydrogens (primary N) is 4. The molecule has 3 aliphatic rings. The number of benzene rings is 1. The normalized spacial score (nSPS) is 39.3. The van der Waals surface area contributed by atoms with Crippen LogP contribution >= 0.6 is 0 Å². The zero-order valence-corrected chi connectivity index (χ0v) is 27.5. The van der Waals surface area contributed by atoms with E-state index in [0.29, 0.717) is 5.69 Å². The number of ether oxygens (including phenoxy) is 4. The maximum atomic E-state index is 11.3. The smallest absolute Gasteiger partial charge is 0.339 e. The number of hydrogen-bond donors (Lipinski definition) is 17. The third kappa shape index (κ3) is 9.04. The van der Waals surface area contributed by atoms with Gasteiger partial charge >= 0.3 is 5.97 Å². The second kappa shape index (κ2) is 17.2. The highest BCUT2D eigenvalue weighted by Gasteiger charge is 2.60. The van der Waals surface area contributed by atoms with Gasteiger partial charge in [0, 0.05) is 11.8 Å². The molecule has 2 heterocycles. The van der Waals surface area contributed by atoms with E-state index in [-0.39, 0.29) is 11.3 Å². The van der Waals surface area contributed by atoms with E-state index in [1.54, 1.807) is 0 Å². The molecule has 2 aliphatic heterocycles. The molecule has 23 heteroatoms. The molecule has 0 aromatic heterocycles. The van der Waals surface area contributed by atoms with E-state index in [4.69, 9.17) is 57.5 Å². The van der Waals surface area contributed by atoms with Crippen LogP contribution in [0.2, 0.25) is 0 Å². The largest absolute Gasteiger partial charge is 0.507 e. The lowest BCUT2D eigenvalue weighted by Gasteiger charge is -2.46. The van der Waals surface area contributed by atoms with E-state index in [1.165, 1.54) is 32.2 Å². The van der Waals surface area contributed by atoms with Crippen LogP contribution in [0, 0.1) is 5.41 Å². The summed E-state index contributed by atoms with van der Waals surface area (Å²) < 4.78 is 23.2. The van der Waals surface area contributed by atoms with Crippen molar-refractivity contribution in [1.29, 1.82) is 5.41 Å². The molecule has 1 aromatic rings. The molecule has 1 aromatic carbocycles. The van der Waals surface area contributed by atoms with Crippen molar-refractivity contribution in [2.24, 2.45) is 22.2 Å². The molecule has 1 saturated carbocycles. The molecule has 4 rings (SSSR count). The third-order valence-electron chi connectivity index (χ3n) is 8.80. The van der Waals surface area contributed by atoms with Gasteiger partial charge in [0.1, 0.15) is 71.8 Å². The summed E-state index contributed by atoms with van der Waals surface area (Å²) in [5, 5.41) is 114. The first-order valence-corrected chi connectivity index (χ1v) is 15.5. The van der Waals surface area contributed by atoms with Crippen molar-refractivity contribution in [2.75, 3.05) is 26.0 Å². The maximum absolute atomic E-state index is 11.3. The number of aliphatic imine (C=N–C) groups is 1. The van der Waals surface area contributed by atoms with Crippen molar-refractivity contribution < 1.29 is 74.8 Å². The fourth-order valence-electron chi connectivity index (χ4n) is 5.95. The minimum Gasteiger partial charge on any atom is -0.507 e. The summed E-state index contributed by atoms with van der Waals surface area (Å²) in [6.45, 7) is -0.204. The Labute approximate surface area is 290 Å². The summed E-state index contributed by atoms with van der Waals surface area (Å²) in [6.07, 6.45) is -16.9. The van der Waals surface area contributed by atoms with Crippen molar-refractivity contribution >= 4 is 23.6 Å². The van der Waals surface area contributed by atoms with Crippen molar-refractivity contribution in [3.8, 4) is 5.75 Å². The van der Waals surface area contributed by atoms with Crippen LogP contribution in [-0.4, -0.2) is 180 Å². The molecule has 0 spiro atoms. The van der Waals surface area contributed by atoms with Crippen LogP contribution in [0.3, 0.4) is 0 Å². The van der Waals surface area contributed by atoms with E-state index in [2.05, 4.69) is 15.6 Å². The fraction of sp³-hybridized carbons (Fsp3) is 0.679. The molecule has 0 radical (unpaired) electrons. The Bertz CT molecular complexity index is 1380. The molecule has 1 aliphatic carbocycles. The van der Waals surface area contributed by atoms with Gasteiger partial charge < -0.3 is 104 Å². The van der Waals surface area contributed by atoms with Crippen LogP contribution in [0.4, 0.5) is 5.69 Å². The van der Waals surface area contributed by atoms with Crippen molar-refractivity contribution in [3.05, 3.63) is 23.8 Å². The zero-order chi connectivity index (χ0) is 38.5. The minimum atomic E-state index is -2.15. The number of nitrogens with zero attached hydrogens (tertiary/aromatic N) is 1. The molecule has 2 saturated heterocycles. The Hall–Kier alpha value is -3.69. The van der Waals surface area contributed by atoms with Crippen molar-refractivity contribution in [2.45, 2.75) is 98.2 Å². The number of anilines is 1. The first-order valence-electron chi connectivity index (χ1n) is 15.5. The molecule has 21 N–H and O–H groups in total. The van der Waals surface area contributed by atoms with Crippen LogP contribution < -0.4 is 33.6 Å². The number of hydrogen-bond acceptors (Lipinski definition) is 18. The number of carboxylic acids is 1. The molecular weight excluding hydrogens is 688 g/mol. The first-order chi connectivity index (χ1) is 23.8. The molecule has 290 valence electrons. The average Bonchev–Trinajstić information content (AvgIpc) is 3.29. The SMILES string of the molecule is CN[C@@H]1[C@H](O[C@H]2[C@H](O[C@H]3[C@H](O)[C@@H](O)[C@H](NC(=N)N)[C@@H](O)[C@@H]3N=C(N)N)O[C@@H](C)[C@]2(O)CO)O[C@@H](CO)[C@H](O)[C@H]1O.Nc1ccc(C(=O)O)c(O)c1. The lowest BCUT2D eigenvalue weighted by molar-refractivity contribution is -0.317. The third-order valence-corrected chi connectivity index (χ3v) is 8.80. The van der Waals surface area contributed by atoms with E-state index in [9.17, 15) is 45.6 Å². The van der Waals surface area contributed by atoms with Gasteiger partial charge in [-0.1, -0.05) is 0 Å². The summed E-state index contributed by atoms with van der Waals surface area (Å²) in [4.78, 5) is 14.2. The quantitative estimate of drug-likeness (QED) is 0.0602. The number of aromatic carboxylic acids is 1. The highest BCUT2D eigenvalue weighted by atomic mass is 16.8. The molecule has 0 unspecified atom stereocenters. The number of rotatable bonds is 10. The monoisotopic (exact) mass is 736 g/mol. The minimum absolute atomic E-state index is 0.140. The van der Waals surface area contributed by atoms with Crippen LogP contribution in [0.25, 0.3) is 0 Å². The van der Waals surface area contributed by atoms with Crippen molar-refractivity contribution in [3.63, 3.8) is 0 Å². The predicted molar refractivity (Wildman–Crippen MR) is 173 cm³/mol. The topological polar surface area (TPSA) is 421 Å². The molecule has 15 atom stereocenters. The number of aromatic hydroxyl groups is 1. The van der Waals surface area contributed by atoms with Gasteiger partial charge in [-0.25, -0.2) is 9.79 Å². The number of nitrogen functional groups attached to an aromatic ring is 1. The average molecular weight is 737 g/mol. The number of aliphatic hydroxyl groups is 8. The molecule has 0 bridgehead atoms. The first kappa shape index (κ1) is 41.7. The van der Waals surface area contributed by atoms with Crippen LogP contribution in [0.5, 0.6) is 5.75 Å². The summed E-state index contributed by atoms with van der Waals surface area (Å²) >= 11 is 0. The molecule has 23 nitrogen and oxygen atoms in total. The van der Waals surface area contributed by atoms with Gasteiger partial charge in [-0.3, -0.25) is 5.41 Å². The summed E-state index contributed by atoms with van der Waals surface area (Å²) in [6, 6.07) is -0.0661. The Morgan fingerprint density at radius 2 is 1.61 bits per heavy atom. The Kier molecular flexibility index (Phi) is 14.1. The molecule has 3 fully saturated rings. The van der Waals surface area contributed by atoms with Gasteiger partial charge in [-0.05, 0) is 26.1 Å². The van der Waals surface area contributed by atoms with Gasteiger partial charge in [0.25, 0.3) is 0 Å². The van der Waals surface area contributed by atoms with E-state index in [0.717, 1.165) is 0 Å². The van der Waals surface area contributed by atoms with Crippen LogP contribution in [0.15, 0.2) is 23.2 Å². The number of aliphatic hydroxyl groups excluding tert-OH is 7. The van der Waals surface area contributed by atoms with Gasteiger partial charge in [-0.15, -0.1) is 0 Å². The fourth-order valence-corrected chi connectivity index (χ4v) is 5.95. The van der Waals surface area contributed by atoms with Gasteiger partial charge in [0.05, 0.1) is 31.4 Å². The summed E-state index contributed by atoms with van der Waals surface area (Å²) in [7, 11) is 1.44. The summed E-state index contributed by atoms with van der Waals surface area (Å²) in [5.74, 6) is -2.61. The molecular formula is C28H48N8O15.